The fraction of sp³-hybridized carbons (Fsp3) is 0.375. The zero-order valence-electron chi connectivity index (χ0n) is 12.8. The van der Waals surface area contributed by atoms with Gasteiger partial charge in [-0.1, -0.05) is 26.0 Å². The Morgan fingerprint density at radius 1 is 1.05 bits per heavy atom. The zero-order valence-corrected chi connectivity index (χ0v) is 12.8. The molecule has 0 N–H and O–H groups in total. The first-order valence-corrected chi connectivity index (χ1v) is 7.61. The van der Waals surface area contributed by atoms with Crippen LogP contribution in [0, 0.1) is 0 Å². The SMILES string of the molecule is CC(C)c1nnc2n1CCN(c1cnc3ccccc3n1)C2. The Hall–Kier alpha value is -2.50. The summed E-state index contributed by atoms with van der Waals surface area (Å²) in [5.41, 5.74) is 1.85. The van der Waals surface area contributed by atoms with Gasteiger partial charge in [0.1, 0.15) is 11.6 Å². The second-order valence-electron chi connectivity index (χ2n) is 5.92. The highest BCUT2D eigenvalue weighted by molar-refractivity contribution is 5.75. The lowest BCUT2D eigenvalue weighted by Gasteiger charge is -2.29. The Morgan fingerprint density at radius 3 is 2.68 bits per heavy atom. The van der Waals surface area contributed by atoms with Gasteiger partial charge in [0.05, 0.1) is 23.8 Å². The van der Waals surface area contributed by atoms with Crippen LogP contribution in [0.3, 0.4) is 0 Å². The lowest BCUT2D eigenvalue weighted by Crippen LogP contribution is -2.35. The number of para-hydroxylation sites is 2. The molecule has 0 unspecified atom stereocenters. The van der Waals surface area contributed by atoms with Crippen LogP contribution in [0.4, 0.5) is 5.82 Å². The summed E-state index contributed by atoms with van der Waals surface area (Å²) in [5.74, 6) is 3.37. The third-order valence-corrected chi connectivity index (χ3v) is 4.06. The van der Waals surface area contributed by atoms with Crippen LogP contribution in [0.5, 0.6) is 0 Å². The molecule has 6 nitrogen and oxygen atoms in total. The third-order valence-electron chi connectivity index (χ3n) is 4.06. The lowest BCUT2D eigenvalue weighted by molar-refractivity contribution is 0.529. The van der Waals surface area contributed by atoms with Crippen LogP contribution in [-0.2, 0) is 13.1 Å². The van der Waals surface area contributed by atoms with Gasteiger partial charge in [0.15, 0.2) is 5.82 Å². The molecule has 0 saturated heterocycles. The molecule has 0 bridgehead atoms. The second kappa shape index (κ2) is 5.05. The molecule has 6 heteroatoms. The van der Waals surface area contributed by atoms with E-state index < -0.39 is 0 Å². The molecule has 22 heavy (non-hydrogen) atoms. The molecule has 0 aliphatic carbocycles. The van der Waals surface area contributed by atoms with Crippen molar-refractivity contribution in [1.29, 1.82) is 0 Å². The summed E-state index contributed by atoms with van der Waals surface area (Å²) in [6.45, 7) is 6.83. The van der Waals surface area contributed by atoms with Gasteiger partial charge >= 0.3 is 0 Å². The summed E-state index contributed by atoms with van der Waals surface area (Å²) in [6, 6.07) is 7.94. The highest BCUT2D eigenvalue weighted by atomic mass is 15.4. The Morgan fingerprint density at radius 2 is 1.86 bits per heavy atom. The average Bonchev–Trinajstić information content (AvgIpc) is 2.97. The van der Waals surface area contributed by atoms with Crippen molar-refractivity contribution < 1.29 is 0 Å². The van der Waals surface area contributed by atoms with Crippen LogP contribution in [-0.4, -0.2) is 31.3 Å². The molecule has 112 valence electrons. The Balaban J connectivity index is 1.66. The fourth-order valence-corrected chi connectivity index (χ4v) is 2.90. The van der Waals surface area contributed by atoms with Crippen LogP contribution < -0.4 is 4.90 Å². The van der Waals surface area contributed by atoms with Gasteiger partial charge in [-0.25, -0.2) is 4.98 Å². The van der Waals surface area contributed by atoms with E-state index in [2.05, 4.69) is 38.5 Å². The molecule has 1 aliphatic rings. The molecule has 2 aromatic heterocycles. The number of fused-ring (bicyclic) bond motifs is 2. The largest absolute Gasteiger partial charge is 0.346 e. The standard InChI is InChI=1S/C16H18N6/c1-11(2)16-20-19-15-10-21(7-8-22(15)16)14-9-17-12-5-3-4-6-13(12)18-14/h3-6,9,11H,7-8,10H2,1-2H3. The topological polar surface area (TPSA) is 59.7 Å². The quantitative estimate of drug-likeness (QED) is 0.726. The number of hydrogen-bond acceptors (Lipinski definition) is 5. The van der Waals surface area contributed by atoms with E-state index in [1.807, 2.05) is 30.5 Å². The van der Waals surface area contributed by atoms with Gasteiger partial charge in [0.2, 0.25) is 0 Å². The lowest BCUT2D eigenvalue weighted by atomic mass is 10.2. The number of benzene rings is 1. The molecule has 0 saturated carbocycles. The van der Waals surface area contributed by atoms with E-state index in [1.165, 1.54) is 0 Å². The maximum atomic E-state index is 4.72. The summed E-state index contributed by atoms with van der Waals surface area (Å²) < 4.78 is 2.23. The summed E-state index contributed by atoms with van der Waals surface area (Å²) >= 11 is 0. The molecule has 0 atom stereocenters. The first-order valence-electron chi connectivity index (χ1n) is 7.61. The van der Waals surface area contributed by atoms with E-state index in [0.717, 1.165) is 48.1 Å². The van der Waals surface area contributed by atoms with Crippen molar-refractivity contribution >= 4 is 16.9 Å². The van der Waals surface area contributed by atoms with Crippen molar-refractivity contribution in [1.82, 2.24) is 24.7 Å². The summed E-state index contributed by atoms with van der Waals surface area (Å²) in [7, 11) is 0. The van der Waals surface area contributed by atoms with E-state index in [0.29, 0.717) is 5.92 Å². The molecule has 4 rings (SSSR count). The monoisotopic (exact) mass is 294 g/mol. The first-order chi connectivity index (χ1) is 10.7. The third kappa shape index (κ3) is 2.11. The Bertz CT molecular complexity index is 822. The highest BCUT2D eigenvalue weighted by Gasteiger charge is 2.23. The molecule has 0 spiro atoms. The summed E-state index contributed by atoms with van der Waals surface area (Å²) in [4.78, 5) is 11.4. The highest BCUT2D eigenvalue weighted by Crippen LogP contribution is 2.22. The van der Waals surface area contributed by atoms with Crippen LogP contribution in [0.15, 0.2) is 30.5 Å². The second-order valence-corrected chi connectivity index (χ2v) is 5.92. The predicted molar refractivity (Wildman–Crippen MR) is 84.7 cm³/mol. The van der Waals surface area contributed by atoms with Gasteiger partial charge in [-0.3, -0.25) is 4.98 Å². The van der Waals surface area contributed by atoms with Gasteiger partial charge in [0, 0.05) is 19.0 Å². The maximum absolute atomic E-state index is 4.72. The average molecular weight is 294 g/mol. The predicted octanol–water partition coefficient (Wildman–Crippen LogP) is 2.36. The smallest absolute Gasteiger partial charge is 0.152 e. The Labute approximate surface area is 128 Å². The molecule has 0 radical (unpaired) electrons. The fourth-order valence-electron chi connectivity index (χ4n) is 2.90. The minimum Gasteiger partial charge on any atom is -0.346 e. The Kier molecular flexibility index (Phi) is 3.03. The van der Waals surface area contributed by atoms with Gasteiger partial charge < -0.3 is 9.47 Å². The zero-order chi connectivity index (χ0) is 15.1. The van der Waals surface area contributed by atoms with E-state index in [1.54, 1.807) is 0 Å². The normalized spacial score (nSPS) is 14.6. The molecule has 3 heterocycles. The summed E-state index contributed by atoms with van der Waals surface area (Å²) in [5, 5.41) is 8.66. The number of anilines is 1. The minimum absolute atomic E-state index is 0.397. The molecular formula is C16H18N6. The number of nitrogens with zero attached hydrogens (tertiary/aromatic N) is 6. The van der Waals surface area contributed by atoms with Gasteiger partial charge in [-0.15, -0.1) is 10.2 Å². The van der Waals surface area contributed by atoms with Crippen molar-refractivity contribution in [2.75, 3.05) is 11.4 Å². The van der Waals surface area contributed by atoms with Gasteiger partial charge in [-0.2, -0.15) is 0 Å². The first kappa shape index (κ1) is 13.2. The maximum Gasteiger partial charge on any atom is 0.152 e. The number of rotatable bonds is 2. The molecule has 0 fully saturated rings. The van der Waals surface area contributed by atoms with Crippen LogP contribution in [0.1, 0.15) is 31.4 Å². The minimum atomic E-state index is 0.397. The molecule has 3 aromatic rings. The van der Waals surface area contributed by atoms with Gasteiger partial charge in [0.25, 0.3) is 0 Å². The molecule has 1 aliphatic heterocycles. The summed E-state index contributed by atoms with van der Waals surface area (Å²) in [6.07, 6.45) is 1.84. The van der Waals surface area contributed by atoms with Crippen molar-refractivity contribution in [2.45, 2.75) is 32.9 Å². The van der Waals surface area contributed by atoms with Crippen molar-refractivity contribution in [3.63, 3.8) is 0 Å². The van der Waals surface area contributed by atoms with Crippen LogP contribution in [0.25, 0.3) is 11.0 Å². The van der Waals surface area contributed by atoms with E-state index in [4.69, 9.17) is 4.98 Å². The molecule has 1 aromatic carbocycles. The van der Waals surface area contributed by atoms with E-state index in [9.17, 15) is 0 Å². The number of aromatic nitrogens is 5. The van der Waals surface area contributed by atoms with Crippen LogP contribution in [0.2, 0.25) is 0 Å². The van der Waals surface area contributed by atoms with Crippen molar-refractivity contribution in [3.05, 3.63) is 42.1 Å². The number of hydrogen-bond donors (Lipinski definition) is 0. The van der Waals surface area contributed by atoms with E-state index >= 15 is 0 Å². The molecular weight excluding hydrogens is 276 g/mol. The van der Waals surface area contributed by atoms with Gasteiger partial charge in [-0.05, 0) is 12.1 Å². The van der Waals surface area contributed by atoms with E-state index in [-0.39, 0.29) is 0 Å². The van der Waals surface area contributed by atoms with Crippen LogP contribution >= 0.6 is 0 Å². The molecule has 0 amide bonds. The van der Waals surface area contributed by atoms with Crippen molar-refractivity contribution in [3.8, 4) is 0 Å². The van der Waals surface area contributed by atoms with Crippen molar-refractivity contribution in [2.24, 2.45) is 0 Å².